The van der Waals surface area contributed by atoms with Crippen molar-refractivity contribution in [3.8, 4) is 0 Å². The molecule has 2 N–H and O–H groups in total. The van der Waals surface area contributed by atoms with E-state index < -0.39 is 11.6 Å². The number of likely N-dealkylation sites (N-methyl/N-ethyl adjacent to an activating group) is 1. The Morgan fingerprint density at radius 1 is 1.33 bits per heavy atom. The number of rotatable bonds is 7. The molecule has 0 spiro atoms. The first-order chi connectivity index (χ1) is 8.56. The summed E-state index contributed by atoms with van der Waals surface area (Å²) in [6.07, 6.45) is 1.63. The highest BCUT2D eigenvalue weighted by atomic mass is 19.1. The highest BCUT2D eigenvalue weighted by Crippen LogP contribution is 2.11. The minimum Gasteiger partial charge on any atom is -0.330 e. The highest BCUT2D eigenvalue weighted by Gasteiger charge is 2.09. The second kappa shape index (κ2) is 7.44. The van der Waals surface area contributed by atoms with Crippen LogP contribution in [0.5, 0.6) is 0 Å². The fourth-order valence-electron chi connectivity index (χ4n) is 1.94. The van der Waals surface area contributed by atoms with Gasteiger partial charge in [0.1, 0.15) is 11.6 Å². The van der Waals surface area contributed by atoms with Crippen molar-refractivity contribution in [2.75, 3.05) is 26.7 Å². The van der Waals surface area contributed by atoms with Crippen LogP contribution in [0.2, 0.25) is 0 Å². The van der Waals surface area contributed by atoms with Crippen LogP contribution in [0.1, 0.15) is 18.9 Å². The van der Waals surface area contributed by atoms with Gasteiger partial charge in [0.15, 0.2) is 0 Å². The van der Waals surface area contributed by atoms with Gasteiger partial charge in [-0.25, -0.2) is 8.78 Å². The predicted octanol–water partition coefficient (Wildman–Crippen LogP) is 2.42. The second-order valence-electron chi connectivity index (χ2n) is 4.76. The molecule has 0 fully saturated rings. The van der Waals surface area contributed by atoms with Gasteiger partial charge in [0.25, 0.3) is 0 Å². The molecule has 0 radical (unpaired) electrons. The summed E-state index contributed by atoms with van der Waals surface area (Å²) in [5, 5.41) is 0. The third kappa shape index (κ3) is 4.70. The quantitative estimate of drug-likeness (QED) is 0.812. The average Bonchev–Trinajstić information content (AvgIpc) is 2.35. The Bertz CT molecular complexity index is 365. The summed E-state index contributed by atoms with van der Waals surface area (Å²) in [7, 11) is 2.00. The van der Waals surface area contributed by atoms with E-state index in [-0.39, 0.29) is 0 Å². The van der Waals surface area contributed by atoms with Crippen LogP contribution in [0, 0.1) is 17.6 Å². The van der Waals surface area contributed by atoms with Gasteiger partial charge in [0.2, 0.25) is 0 Å². The van der Waals surface area contributed by atoms with Crippen molar-refractivity contribution in [3.63, 3.8) is 0 Å². The Labute approximate surface area is 108 Å². The molecule has 0 aliphatic rings. The van der Waals surface area contributed by atoms with E-state index in [0.29, 0.717) is 24.4 Å². The highest BCUT2D eigenvalue weighted by molar-refractivity contribution is 5.18. The van der Waals surface area contributed by atoms with Gasteiger partial charge in [0.05, 0.1) is 0 Å². The zero-order valence-electron chi connectivity index (χ0n) is 11.1. The van der Waals surface area contributed by atoms with Crippen LogP contribution in [0.3, 0.4) is 0 Å². The molecule has 1 atom stereocenters. The molecule has 18 heavy (non-hydrogen) atoms. The minimum atomic E-state index is -0.529. The van der Waals surface area contributed by atoms with E-state index >= 15 is 0 Å². The van der Waals surface area contributed by atoms with Gasteiger partial charge in [-0.1, -0.05) is 19.4 Å². The first-order valence-electron chi connectivity index (χ1n) is 6.39. The van der Waals surface area contributed by atoms with Gasteiger partial charge in [-0.05, 0) is 37.6 Å². The fourth-order valence-corrected chi connectivity index (χ4v) is 1.94. The molecular weight excluding hydrogens is 234 g/mol. The van der Waals surface area contributed by atoms with Gasteiger partial charge in [-0.3, -0.25) is 0 Å². The van der Waals surface area contributed by atoms with Gasteiger partial charge in [0, 0.05) is 19.2 Å². The van der Waals surface area contributed by atoms with Crippen molar-refractivity contribution >= 4 is 0 Å². The summed E-state index contributed by atoms with van der Waals surface area (Å²) in [6.45, 7) is 4.45. The summed E-state index contributed by atoms with van der Waals surface area (Å²) in [6, 6.07) is 3.75. The van der Waals surface area contributed by atoms with Crippen LogP contribution in [-0.4, -0.2) is 31.6 Å². The van der Waals surface area contributed by atoms with E-state index in [1.165, 1.54) is 12.1 Å². The molecule has 0 aliphatic heterocycles. The maximum atomic E-state index is 13.4. The first-order valence-corrected chi connectivity index (χ1v) is 6.39. The summed E-state index contributed by atoms with van der Waals surface area (Å²) in [4.78, 5) is 2.14. The molecule has 2 nitrogen and oxygen atoms in total. The lowest BCUT2D eigenvalue weighted by Gasteiger charge is -2.22. The third-order valence-corrected chi connectivity index (χ3v) is 3.26. The number of halogens is 2. The van der Waals surface area contributed by atoms with E-state index in [1.807, 2.05) is 7.05 Å². The van der Waals surface area contributed by atoms with E-state index in [2.05, 4.69) is 11.8 Å². The smallest absolute Gasteiger partial charge is 0.129 e. The lowest BCUT2D eigenvalue weighted by molar-refractivity contribution is 0.276. The van der Waals surface area contributed by atoms with Crippen LogP contribution in [0.15, 0.2) is 18.2 Å². The maximum absolute atomic E-state index is 13.4. The van der Waals surface area contributed by atoms with Crippen molar-refractivity contribution in [2.45, 2.75) is 19.8 Å². The van der Waals surface area contributed by atoms with Crippen LogP contribution >= 0.6 is 0 Å². The molecule has 102 valence electrons. The second-order valence-corrected chi connectivity index (χ2v) is 4.76. The van der Waals surface area contributed by atoms with Crippen LogP contribution in [0.4, 0.5) is 8.78 Å². The molecular formula is C14H22F2N2. The molecule has 1 rings (SSSR count). The normalized spacial score (nSPS) is 13.0. The third-order valence-electron chi connectivity index (χ3n) is 3.26. The molecule has 0 aromatic heterocycles. The predicted molar refractivity (Wildman–Crippen MR) is 70.4 cm³/mol. The standard InChI is InChI=1S/C14H22F2N2/c1-3-11(9-17)10-18(2)7-6-12-4-5-13(15)8-14(12)16/h4-5,8,11H,3,6-7,9-10,17H2,1-2H3. The van der Waals surface area contributed by atoms with Crippen LogP contribution in [-0.2, 0) is 6.42 Å². The zero-order chi connectivity index (χ0) is 13.5. The van der Waals surface area contributed by atoms with Crippen molar-refractivity contribution in [1.82, 2.24) is 4.90 Å². The molecule has 1 aromatic rings. The number of benzene rings is 1. The van der Waals surface area contributed by atoms with Gasteiger partial charge < -0.3 is 10.6 Å². The molecule has 0 amide bonds. The Morgan fingerprint density at radius 3 is 2.61 bits per heavy atom. The summed E-state index contributed by atoms with van der Waals surface area (Å²) in [5.41, 5.74) is 6.21. The molecule has 0 bridgehead atoms. The van der Waals surface area contributed by atoms with Crippen LogP contribution < -0.4 is 5.73 Å². The lowest BCUT2D eigenvalue weighted by Crippen LogP contribution is -2.31. The van der Waals surface area contributed by atoms with Crippen molar-refractivity contribution in [2.24, 2.45) is 11.7 Å². The molecule has 0 heterocycles. The SMILES string of the molecule is CCC(CN)CN(C)CCc1ccc(F)cc1F. The summed E-state index contributed by atoms with van der Waals surface area (Å²) in [5.74, 6) is -0.513. The van der Waals surface area contributed by atoms with Crippen molar-refractivity contribution in [3.05, 3.63) is 35.4 Å². The number of nitrogens with zero attached hydrogens (tertiary/aromatic N) is 1. The van der Waals surface area contributed by atoms with Crippen molar-refractivity contribution in [1.29, 1.82) is 0 Å². The minimum absolute atomic E-state index is 0.464. The molecule has 4 heteroatoms. The largest absolute Gasteiger partial charge is 0.330 e. The zero-order valence-corrected chi connectivity index (χ0v) is 11.1. The average molecular weight is 256 g/mol. The first kappa shape index (κ1) is 15.1. The summed E-state index contributed by atoms with van der Waals surface area (Å²) >= 11 is 0. The van der Waals surface area contributed by atoms with E-state index in [0.717, 1.165) is 25.6 Å². The van der Waals surface area contributed by atoms with Gasteiger partial charge >= 0.3 is 0 Å². The lowest BCUT2D eigenvalue weighted by atomic mass is 10.1. The number of hydrogen-bond acceptors (Lipinski definition) is 2. The van der Waals surface area contributed by atoms with E-state index in [9.17, 15) is 8.78 Å². The Hall–Kier alpha value is -1.00. The molecule has 0 aliphatic carbocycles. The van der Waals surface area contributed by atoms with Gasteiger partial charge in [-0.2, -0.15) is 0 Å². The maximum Gasteiger partial charge on any atom is 0.129 e. The number of nitrogens with two attached hydrogens (primary N) is 1. The van der Waals surface area contributed by atoms with E-state index in [4.69, 9.17) is 5.73 Å². The molecule has 0 saturated heterocycles. The summed E-state index contributed by atoms with van der Waals surface area (Å²) < 4.78 is 26.2. The van der Waals surface area contributed by atoms with Crippen LogP contribution in [0.25, 0.3) is 0 Å². The number of hydrogen-bond donors (Lipinski definition) is 1. The Balaban J connectivity index is 2.44. The Kier molecular flexibility index (Phi) is 6.22. The molecule has 0 saturated carbocycles. The topological polar surface area (TPSA) is 29.3 Å². The monoisotopic (exact) mass is 256 g/mol. The molecule has 1 unspecified atom stereocenters. The Morgan fingerprint density at radius 2 is 2.06 bits per heavy atom. The van der Waals surface area contributed by atoms with Gasteiger partial charge in [-0.15, -0.1) is 0 Å². The van der Waals surface area contributed by atoms with Crippen molar-refractivity contribution < 1.29 is 8.78 Å². The fraction of sp³-hybridized carbons (Fsp3) is 0.571. The molecule has 1 aromatic carbocycles. The van der Waals surface area contributed by atoms with E-state index in [1.54, 1.807) is 0 Å².